The Balaban J connectivity index is 1.43. The Kier molecular flexibility index (Phi) is 6.98. The van der Waals surface area contributed by atoms with E-state index in [1.807, 2.05) is 90.7 Å². The topological polar surface area (TPSA) is 58.4 Å². The summed E-state index contributed by atoms with van der Waals surface area (Å²) in [5.74, 6) is 0.841. The van der Waals surface area contributed by atoms with Crippen molar-refractivity contribution in [2.75, 3.05) is 16.8 Å². The SMILES string of the molecule is CCN(C(=O)CCc1ccccc1)c1ccccc1NCc1cc(-c2ccccc2)no1. The molecule has 4 aromatic rings. The number of nitrogens with zero attached hydrogens (tertiary/aromatic N) is 2. The smallest absolute Gasteiger partial charge is 0.227 e. The van der Waals surface area contributed by atoms with E-state index in [0.29, 0.717) is 19.5 Å². The van der Waals surface area contributed by atoms with Crippen molar-refractivity contribution in [2.45, 2.75) is 26.3 Å². The van der Waals surface area contributed by atoms with Crippen molar-refractivity contribution < 1.29 is 9.32 Å². The fraction of sp³-hybridized carbons (Fsp3) is 0.185. The first-order valence-electron chi connectivity index (χ1n) is 10.9. The Labute approximate surface area is 188 Å². The zero-order valence-electron chi connectivity index (χ0n) is 18.2. The predicted octanol–water partition coefficient (Wildman–Crippen LogP) is 5.94. The van der Waals surface area contributed by atoms with Gasteiger partial charge in [-0.25, -0.2) is 0 Å². The molecule has 0 bridgehead atoms. The van der Waals surface area contributed by atoms with E-state index in [-0.39, 0.29) is 5.91 Å². The first kappa shape index (κ1) is 21.4. The molecule has 162 valence electrons. The van der Waals surface area contributed by atoms with Gasteiger partial charge in [-0.15, -0.1) is 0 Å². The highest BCUT2D eigenvalue weighted by Crippen LogP contribution is 2.27. The molecule has 0 spiro atoms. The molecule has 5 nitrogen and oxygen atoms in total. The Morgan fingerprint density at radius 3 is 2.38 bits per heavy atom. The van der Waals surface area contributed by atoms with Gasteiger partial charge in [0.2, 0.25) is 5.91 Å². The number of amides is 1. The summed E-state index contributed by atoms with van der Waals surface area (Å²) in [5.41, 5.74) is 4.75. The summed E-state index contributed by atoms with van der Waals surface area (Å²) in [7, 11) is 0. The highest BCUT2D eigenvalue weighted by atomic mass is 16.5. The van der Waals surface area contributed by atoms with Crippen LogP contribution in [-0.4, -0.2) is 17.6 Å². The van der Waals surface area contributed by atoms with E-state index in [4.69, 9.17) is 4.52 Å². The van der Waals surface area contributed by atoms with Crippen molar-refractivity contribution in [3.8, 4) is 11.3 Å². The molecule has 3 aromatic carbocycles. The van der Waals surface area contributed by atoms with Crippen LogP contribution in [0, 0.1) is 0 Å². The number of carbonyl (C=O) groups is 1. The monoisotopic (exact) mass is 425 g/mol. The van der Waals surface area contributed by atoms with Crippen LogP contribution in [0.2, 0.25) is 0 Å². The lowest BCUT2D eigenvalue weighted by atomic mass is 10.1. The first-order chi connectivity index (χ1) is 15.7. The number of carbonyl (C=O) groups excluding carboxylic acids is 1. The lowest BCUT2D eigenvalue weighted by molar-refractivity contribution is -0.118. The molecule has 32 heavy (non-hydrogen) atoms. The van der Waals surface area contributed by atoms with Gasteiger partial charge >= 0.3 is 0 Å². The summed E-state index contributed by atoms with van der Waals surface area (Å²) in [5, 5.41) is 7.58. The zero-order chi connectivity index (χ0) is 22.2. The van der Waals surface area contributed by atoms with Crippen LogP contribution in [-0.2, 0) is 17.8 Å². The number of benzene rings is 3. The number of aryl methyl sites for hydroxylation is 1. The molecule has 0 radical (unpaired) electrons. The predicted molar refractivity (Wildman–Crippen MR) is 128 cm³/mol. The summed E-state index contributed by atoms with van der Waals surface area (Å²) in [6, 6.07) is 29.9. The van der Waals surface area contributed by atoms with Crippen LogP contribution < -0.4 is 10.2 Å². The third-order valence-electron chi connectivity index (χ3n) is 5.36. The quantitative estimate of drug-likeness (QED) is 0.361. The molecule has 4 rings (SSSR count). The average molecular weight is 426 g/mol. The Morgan fingerprint density at radius 1 is 0.938 bits per heavy atom. The van der Waals surface area contributed by atoms with Crippen LogP contribution in [0.4, 0.5) is 11.4 Å². The largest absolute Gasteiger partial charge is 0.376 e. The summed E-state index contributed by atoms with van der Waals surface area (Å²) >= 11 is 0. The number of anilines is 2. The molecule has 0 atom stereocenters. The molecule has 0 unspecified atom stereocenters. The Bertz CT molecular complexity index is 1140. The Morgan fingerprint density at radius 2 is 1.62 bits per heavy atom. The van der Waals surface area contributed by atoms with E-state index in [1.165, 1.54) is 5.56 Å². The van der Waals surface area contributed by atoms with Crippen LogP contribution in [0.25, 0.3) is 11.3 Å². The van der Waals surface area contributed by atoms with Crippen molar-refractivity contribution >= 4 is 17.3 Å². The highest BCUT2D eigenvalue weighted by molar-refractivity contribution is 5.96. The molecular weight excluding hydrogens is 398 g/mol. The van der Waals surface area contributed by atoms with Gasteiger partial charge in [0.25, 0.3) is 0 Å². The van der Waals surface area contributed by atoms with Crippen LogP contribution >= 0.6 is 0 Å². The third kappa shape index (κ3) is 5.24. The van der Waals surface area contributed by atoms with Gasteiger partial charge in [0.15, 0.2) is 5.76 Å². The van der Waals surface area contributed by atoms with Gasteiger partial charge in [-0.1, -0.05) is 78.0 Å². The molecule has 0 aliphatic carbocycles. The summed E-state index contributed by atoms with van der Waals surface area (Å²) in [6.07, 6.45) is 1.20. The van der Waals surface area contributed by atoms with Gasteiger partial charge in [-0.3, -0.25) is 4.79 Å². The third-order valence-corrected chi connectivity index (χ3v) is 5.36. The van der Waals surface area contributed by atoms with Gasteiger partial charge in [0, 0.05) is 24.6 Å². The molecule has 0 fully saturated rings. The fourth-order valence-corrected chi connectivity index (χ4v) is 3.69. The van der Waals surface area contributed by atoms with Crippen molar-refractivity contribution in [1.82, 2.24) is 5.16 Å². The molecule has 0 aliphatic heterocycles. The number of hydrogen-bond donors (Lipinski definition) is 1. The van der Waals surface area contributed by atoms with Crippen LogP contribution in [0.1, 0.15) is 24.7 Å². The minimum Gasteiger partial charge on any atom is -0.376 e. The van der Waals surface area contributed by atoms with Crippen molar-refractivity contribution in [1.29, 1.82) is 0 Å². The van der Waals surface area contributed by atoms with E-state index < -0.39 is 0 Å². The number of aromatic nitrogens is 1. The van der Waals surface area contributed by atoms with Gasteiger partial charge in [-0.05, 0) is 31.0 Å². The molecule has 1 heterocycles. The van der Waals surface area contributed by atoms with Crippen LogP contribution in [0.15, 0.2) is 95.5 Å². The number of hydrogen-bond acceptors (Lipinski definition) is 4. The normalized spacial score (nSPS) is 10.7. The maximum Gasteiger partial charge on any atom is 0.227 e. The van der Waals surface area contributed by atoms with E-state index >= 15 is 0 Å². The average Bonchev–Trinajstić information content (AvgIpc) is 3.33. The Hall–Kier alpha value is -3.86. The summed E-state index contributed by atoms with van der Waals surface area (Å²) in [6.45, 7) is 3.08. The maximum atomic E-state index is 13.0. The van der Waals surface area contributed by atoms with Crippen LogP contribution in [0.3, 0.4) is 0 Å². The van der Waals surface area contributed by atoms with Crippen molar-refractivity contribution in [2.24, 2.45) is 0 Å². The van der Waals surface area contributed by atoms with Gasteiger partial charge in [0.1, 0.15) is 5.69 Å². The summed E-state index contributed by atoms with van der Waals surface area (Å²) < 4.78 is 5.51. The second-order valence-corrected chi connectivity index (χ2v) is 7.54. The molecule has 0 saturated heterocycles. The molecule has 1 N–H and O–H groups in total. The molecule has 0 aliphatic rings. The highest BCUT2D eigenvalue weighted by Gasteiger charge is 2.17. The molecule has 1 amide bonds. The fourth-order valence-electron chi connectivity index (χ4n) is 3.69. The van der Waals surface area contributed by atoms with Gasteiger partial charge < -0.3 is 14.7 Å². The van der Waals surface area contributed by atoms with E-state index in [1.54, 1.807) is 0 Å². The lowest BCUT2D eigenvalue weighted by Crippen LogP contribution is -2.31. The zero-order valence-corrected chi connectivity index (χ0v) is 18.2. The first-order valence-corrected chi connectivity index (χ1v) is 10.9. The van der Waals surface area contributed by atoms with Gasteiger partial charge in [0.05, 0.1) is 17.9 Å². The van der Waals surface area contributed by atoms with Crippen molar-refractivity contribution in [3.05, 3.63) is 102 Å². The van der Waals surface area contributed by atoms with Crippen molar-refractivity contribution in [3.63, 3.8) is 0 Å². The maximum absolute atomic E-state index is 13.0. The van der Waals surface area contributed by atoms with E-state index in [2.05, 4.69) is 22.6 Å². The second kappa shape index (κ2) is 10.4. The molecule has 1 aromatic heterocycles. The lowest BCUT2D eigenvalue weighted by Gasteiger charge is -2.24. The van der Waals surface area contributed by atoms with Crippen LogP contribution in [0.5, 0.6) is 0 Å². The molecule has 0 saturated carbocycles. The molecular formula is C27H27N3O2. The standard InChI is InChI=1S/C27H27N3O2/c1-2-30(27(31)18-17-21-11-5-3-6-12-21)26-16-10-9-15-24(26)28-20-23-19-25(29-32-23)22-13-7-4-8-14-22/h3-16,19,28H,2,17-18,20H2,1H3. The van der Waals surface area contributed by atoms with E-state index in [0.717, 1.165) is 34.8 Å². The second-order valence-electron chi connectivity index (χ2n) is 7.54. The minimum absolute atomic E-state index is 0.108. The number of rotatable bonds is 9. The molecule has 5 heteroatoms. The van der Waals surface area contributed by atoms with Gasteiger partial charge in [-0.2, -0.15) is 0 Å². The minimum atomic E-state index is 0.108. The summed E-state index contributed by atoms with van der Waals surface area (Å²) in [4.78, 5) is 14.8. The number of para-hydroxylation sites is 2. The van der Waals surface area contributed by atoms with E-state index in [9.17, 15) is 4.79 Å². The number of nitrogens with one attached hydrogen (secondary N) is 1.